The molecule has 0 aliphatic carbocycles. The minimum atomic E-state index is -3.47. The van der Waals surface area contributed by atoms with Crippen molar-refractivity contribution < 1.29 is 17.9 Å². The van der Waals surface area contributed by atoms with Gasteiger partial charge in [0.25, 0.3) is 0 Å². The number of fused-ring (bicyclic) bond motifs is 1. The van der Waals surface area contributed by atoms with Gasteiger partial charge in [-0.05, 0) is 53.9 Å². The summed E-state index contributed by atoms with van der Waals surface area (Å²) in [6.07, 6.45) is 1.14. The predicted molar refractivity (Wildman–Crippen MR) is 135 cm³/mol. The van der Waals surface area contributed by atoms with Gasteiger partial charge in [-0.2, -0.15) is 5.26 Å². The zero-order valence-corrected chi connectivity index (χ0v) is 20.4. The molecule has 4 aromatic rings. The third kappa shape index (κ3) is 4.93. The van der Waals surface area contributed by atoms with Crippen molar-refractivity contribution in [3.63, 3.8) is 0 Å². The van der Waals surface area contributed by atoms with E-state index in [9.17, 15) is 18.5 Å². The molecule has 1 aromatic heterocycles. The fourth-order valence-corrected chi connectivity index (χ4v) is 5.13. The van der Waals surface area contributed by atoms with Gasteiger partial charge in [0.15, 0.2) is 11.5 Å². The Bertz CT molecular complexity index is 1600. The van der Waals surface area contributed by atoms with Gasteiger partial charge in [0.1, 0.15) is 9.84 Å². The molecule has 0 fully saturated rings. The summed E-state index contributed by atoms with van der Waals surface area (Å²) < 4.78 is 37.3. The summed E-state index contributed by atoms with van der Waals surface area (Å²) in [5.41, 5.74) is 3.29. The Kier molecular flexibility index (Phi) is 6.67. The lowest BCUT2D eigenvalue weighted by molar-refractivity contribution is 0.310. The van der Waals surface area contributed by atoms with Gasteiger partial charge >= 0.3 is 5.69 Å². The number of H-pyrrole nitrogens is 1. The maximum absolute atomic E-state index is 13.1. The van der Waals surface area contributed by atoms with E-state index in [2.05, 4.69) is 11.1 Å². The summed E-state index contributed by atoms with van der Waals surface area (Å²) in [7, 11) is -1.94. The van der Waals surface area contributed by atoms with Crippen molar-refractivity contribution in [3.8, 4) is 28.7 Å². The van der Waals surface area contributed by atoms with Crippen LogP contribution in [0.1, 0.15) is 24.1 Å². The molecule has 1 N–H and O–H groups in total. The first-order valence-electron chi connectivity index (χ1n) is 11.0. The molecule has 4 rings (SSSR count). The maximum atomic E-state index is 13.1. The van der Waals surface area contributed by atoms with Crippen molar-refractivity contribution in [3.05, 3.63) is 82.3 Å². The van der Waals surface area contributed by atoms with E-state index >= 15 is 0 Å². The number of hydrogen-bond acceptors (Lipinski definition) is 6. The van der Waals surface area contributed by atoms with Crippen LogP contribution in [0.2, 0.25) is 0 Å². The van der Waals surface area contributed by atoms with Crippen LogP contribution >= 0.6 is 0 Å². The first-order valence-corrected chi connectivity index (χ1v) is 13.0. The Morgan fingerprint density at radius 2 is 1.86 bits per heavy atom. The van der Waals surface area contributed by atoms with E-state index in [4.69, 9.17) is 9.47 Å². The Morgan fingerprint density at radius 3 is 2.54 bits per heavy atom. The number of rotatable bonds is 8. The quantitative estimate of drug-likeness (QED) is 0.400. The van der Waals surface area contributed by atoms with Crippen LogP contribution in [-0.2, 0) is 9.84 Å². The monoisotopic (exact) mass is 491 g/mol. The number of imidazole rings is 1. The SMILES string of the molecule is CCOc1cc([C@H](CS(C)(=O)=O)n2c(=O)[nH]c3cc(-c4ccccc4C#N)ccc32)ccc1OC. The van der Waals surface area contributed by atoms with Crippen LogP contribution < -0.4 is 15.2 Å². The summed E-state index contributed by atoms with van der Waals surface area (Å²) in [5.74, 6) is 0.701. The molecule has 1 atom stereocenters. The van der Waals surface area contributed by atoms with Crippen molar-refractivity contribution in [2.75, 3.05) is 25.7 Å². The minimum Gasteiger partial charge on any atom is -0.493 e. The van der Waals surface area contributed by atoms with Crippen molar-refractivity contribution in [1.29, 1.82) is 5.26 Å². The molecule has 0 spiro atoms. The van der Waals surface area contributed by atoms with Crippen LogP contribution in [0.25, 0.3) is 22.2 Å². The second kappa shape index (κ2) is 9.68. The van der Waals surface area contributed by atoms with E-state index in [-0.39, 0.29) is 5.75 Å². The summed E-state index contributed by atoms with van der Waals surface area (Å²) in [6.45, 7) is 2.24. The van der Waals surface area contributed by atoms with Gasteiger partial charge in [-0.25, -0.2) is 13.2 Å². The molecule has 180 valence electrons. The highest BCUT2D eigenvalue weighted by Gasteiger charge is 2.25. The van der Waals surface area contributed by atoms with Gasteiger partial charge in [-0.3, -0.25) is 4.57 Å². The lowest BCUT2D eigenvalue weighted by Gasteiger charge is -2.20. The second-order valence-corrected chi connectivity index (χ2v) is 10.3. The van der Waals surface area contributed by atoms with E-state index in [1.807, 2.05) is 25.1 Å². The number of nitrogens with zero attached hydrogens (tertiary/aromatic N) is 2. The number of nitrogens with one attached hydrogen (secondary N) is 1. The molecule has 9 heteroatoms. The molecule has 8 nitrogen and oxygen atoms in total. The van der Waals surface area contributed by atoms with Gasteiger partial charge < -0.3 is 14.5 Å². The largest absolute Gasteiger partial charge is 0.493 e. The topological polar surface area (TPSA) is 114 Å². The number of nitriles is 1. The minimum absolute atomic E-state index is 0.281. The molecule has 0 aliphatic rings. The molecule has 0 amide bonds. The number of ether oxygens (including phenoxy) is 2. The number of methoxy groups -OCH3 is 1. The standard InChI is InChI=1S/C26H25N3O5S/c1-4-34-25-14-18(10-12-24(25)33-2)23(16-35(3,31)32)29-22-11-9-17(13-21(22)28-26(29)30)20-8-6-5-7-19(20)15-27/h5-14,23H,4,16H2,1-3H3,(H,28,30)/t23-/m0/s1. The molecule has 0 radical (unpaired) electrons. The Balaban J connectivity index is 1.89. The van der Waals surface area contributed by atoms with E-state index in [0.717, 1.165) is 17.4 Å². The van der Waals surface area contributed by atoms with Gasteiger partial charge in [0, 0.05) is 6.26 Å². The first kappa shape index (κ1) is 24.1. The van der Waals surface area contributed by atoms with Crippen molar-refractivity contribution in [2.45, 2.75) is 13.0 Å². The van der Waals surface area contributed by atoms with Crippen molar-refractivity contribution >= 4 is 20.9 Å². The van der Waals surface area contributed by atoms with E-state index in [1.165, 1.54) is 11.7 Å². The highest BCUT2D eigenvalue weighted by Crippen LogP contribution is 2.33. The second-order valence-electron chi connectivity index (χ2n) is 8.14. The highest BCUT2D eigenvalue weighted by atomic mass is 32.2. The normalized spacial score (nSPS) is 12.3. The lowest BCUT2D eigenvalue weighted by Crippen LogP contribution is -2.28. The Morgan fingerprint density at radius 1 is 1.09 bits per heavy atom. The summed E-state index contributed by atoms with van der Waals surface area (Å²) >= 11 is 0. The van der Waals surface area contributed by atoms with Crippen LogP contribution in [0.4, 0.5) is 0 Å². The number of benzene rings is 3. The molecule has 35 heavy (non-hydrogen) atoms. The fourth-order valence-electron chi connectivity index (χ4n) is 4.22. The average molecular weight is 492 g/mol. The number of hydrogen-bond donors (Lipinski definition) is 1. The molecule has 0 saturated heterocycles. The van der Waals surface area contributed by atoms with E-state index < -0.39 is 21.6 Å². The van der Waals surface area contributed by atoms with Crippen LogP contribution in [-0.4, -0.2) is 43.7 Å². The van der Waals surface area contributed by atoms with Gasteiger partial charge in [-0.1, -0.05) is 30.3 Å². The third-order valence-corrected chi connectivity index (χ3v) is 6.64. The molecule has 3 aromatic carbocycles. The van der Waals surface area contributed by atoms with Crippen LogP contribution in [0.3, 0.4) is 0 Å². The number of aromatic amines is 1. The smallest absolute Gasteiger partial charge is 0.327 e. The lowest BCUT2D eigenvalue weighted by atomic mass is 10.00. The summed E-state index contributed by atoms with van der Waals surface area (Å²) in [6, 6.07) is 19.1. The zero-order valence-electron chi connectivity index (χ0n) is 19.6. The molecule has 0 saturated carbocycles. The highest BCUT2D eigenvalue weighted by molar-refractivity contribution is 7.90. The fraction of sp³-hybridized carbons (Fsp3) is 0.231. The Hall–Kier alpha value is -4.03. The zero-order chi connectivity index (χ0) is 25.2. The average Bonchev–Trinajstić information content (AvgIpc) is 3.16. The molecular weight excluding hydrogens is 466 g/mol. The van der Waals surface area contributed by atoms with Gasteiger partial charge in [0.2, 0.25) is 0 Å². The summed E-state index contributed by atoms with van der Waals surface area (Å²) in [4.78, 5) is 16.0. The van der Waals surface area contributed by atoms with E-state index in [0.29, 0.717) is 40.3 Å². The number of aromatic nitrogens is 2. The summed E-state index contributed by atoms with van der Waals surface area (Å²) in [5, 5.41) is 9.46. The van der Waals surface area contributed by atoms with Crippen molar-refractivity contribution in [1.82, 2.24) is 9.55 Å². The predicted octanol–water partition coefficient (Wildman–Crippen LogP) is 3.91. The molecule has 0 bridgehead atoms. The van der Waals surface area contributed by atoms with Gasteiger partial charge in [-0.15, -0.1) is 0 Å². The molecule has 0 aliphatic heterocycles. The Labute approximate surface area is 203 Å². The molecular formula is C26H25N3O5S. The molecule has 1 heterocycles. The van der Waals surface area contributed by atoms with Gasteiger partial charge in [0.05, 0.1) is 48.2 Å². The first-order chi connectivity index (χ1) is 16.8. The molecule has 0 unspecified atom stereocenters. The van der Waals surface area contributed by atoms with Crippen LogP contribution in [0.5, 0.6) is 11.5 Å². The van der Waals surface area contributed by atoms with E-state index in [1.54, 1.807) is 42.5 Å². The number of sulfone groups is 1. The van der Waals surface area contributed by atoms with Crippen molar-refractivity contribution in [2.24, 2.45) is 0 Å². The maximum Gasteiger partial charge on any atom is 0.327 e. The van der Waals surface area contributed by atoms with Crippen LogP contribution in [0, 0.1) is 11.3 Å². The third-order valence-electron chi connectivity index (χ3n) is 5.72. The van der Waals surface area contributed by atoms with Crippen LogP contribution in [0.15, 0.2) is 65.5 Å².